The first-order chi connectivity index (χ1) is 8.26. The number of aliphatic hydroxyl groups is 1. The summed E-state index contributed by atoms with van der Waals surface area (Å²) in [6, 6.07) is 2.65. The topological polar surface area (TPSA) is 66.8 Å². The highest BCUT2D eigenvalue weighted by Gasteiger charge is 2.22. The predicted octanol–water partition coefficient (Wildman–Crippen LogP) is 3.23. The molecule has 0 spiro atoms. The largest absolute Gasteiger partial charge is 0.488 e. The van der Waals surface area contributed by atoms with Crippen LogP contribution in [-0.4, -0.2) is 28.4 Å². The number of hydrogen-bond donors (Lipinski definition) is 2. The number of benzene rings is 1. The van der Waals surface area contributed by atoms with E-state index in [-0.39, 0.29) is 28.0 Å². The first kappa shape index (κ1) is 15.1. The zero-order valence-corrected chi connectivity index (χ0v) is 11.5. The first-order valence-corrected chi connectivity index (χ1v) is 6.10. The Balaban J connectivity index is 3.04. The molecule has 1 unspecified atom stereocenters. The number of ether oxygens (including phenoxy) is 1. The van der Waals surface area contributed by atoms with E-state index in [0.29, 0.717) is 6.42 Å². The van der Waals surface area contributed by atoms with Crippen molar-refractivity contribution >= 4 is 29.2 Å². The first-order valence-electron chi connectivity index (χ1n) is 5.34. The van der Waals surface area contributed by atoms with E-state index in [1.165, 1.54) is 12.1 Å². The molecular weight excluding hydrogens is 279 g/mol. The Morgan fingerprint density at radius 1 is 1.44 bits per heavy atom. The predicted molar refractivity (Wildman–Crippen MR) is 69.8 cm³/mol. The van der Waals surface area contributed by atoms with Gasteiger partial charge in [0.25, 0.3) is 0 Å². The van der Waals surface area contributed by atoms with Crippen molar-refractivity contribution in [2.24, 2.45) is 0 Å². The molecular formula is C12H14Cl2O4. The summed E-state index contributed by atoms with van der Waals surface area (Å²) in [5.74, 6) is -1.17. The molecule has 100 valence electrons. The Kier molecular flexibility index (Phi) is 4.85. The third-order valence-corrected chi connectivity index (χ3v) is 3.03. The Hall–Kier alpha value is -0.970. The van der Waals surface area contributed by atoms with Gasteiger partial charge in [0.2, 0.25) is 0 Å². The summed E-state index contributed by atoms with van der Waals surface area (Å²) in [4.78, 5) is 11.1. The molecule has 6 heteroatoms. The molecule has 0 fully saturated rings. The molecule has 0 amide bonds. The average Bonchev–Trinajstić information content (AvgIpc) is 2.26. The van der Waals surface area contributed by atoms with Gasteiger partial charge in [-0.3, -0.25) is 0 Å². The van der Waals surface area contributed by atoms with Gasteiger partial charge in [0.05, 0.1) is 10.6 Å². The Morgan fingerprint density at radius 2 is 2.06 bits per heavy atom. The van der Waals surface area contributed by atoms with Gasteiger partial charge in [-0.15, -0.1) is 0 Å². The fraction of sp³-hybridized carbons (Fsp3) is 0.417. The van der Waals surface area contributed by atoms with Gasteiger partial charge in [-0.05, 0) is 25.5 Å². The van der Waals surface area contributed by atoms with Crippen LogP contribution in [-0.2, 0) is 0 Å². The van der Waals surface area contributed by atoms with Crippen LogP contribution < -0.4 is 4.74 Å². The third kappa shape index (κ3) is 3.77. The van der Waals surface area contributed by atoms with Gasteiger partial charge < -0.3 is 14.9 Å². The molecule has 0 bridgehead atoms. The molecule has 2 N–H and O–H groups in total. The van der Waals surface area contributed by atoms with Gasteiger partial charge in [0, 0.05) is 5.02 Å². The fourth-order valence-corrected chi connectivity index (χ4v) is 1.74. The molecule has 0 heterocycles. The minimum absolute atomic E-state index is 0.0160. The van der Waals surface area contributed by atoms with E-state index < -0.39 is 11.6 Å². The summed E-state index contributed by atoms with van der Waals surface area (Å²) < 4.78 is 5.32. The monoisotopic (exact) mass is 292 g/mol. The van der Waals surface area contributed by atoms with E-state index in [9.17, 15) is 9.90 Å². The van der Waals surface area contributed by atoms with Crippen LogP contribution in [0.5, 0.6) is 5.75 Å². The lowest BCUT2D eigenvalue weighted by Crippen LogP contribution is -2.31. The second-order valence-electron chi connectivity index (χ2n) is 4.21. The van der Waals surface area contributed by atoms with E-state index in [4.69, 9.17) is 33.0 Å². The molecule has 0 saturated heterocycles. The SMILES string of the molecule is CCC(C)(O)COc1c(Cl)cc(Cl)cc1C(=O)O. The molecule has 0 aliphatic rings. The second kappa shape index (κ2) is 5.78. The summed E-state index contributed by atoms with van der Waals surface area (Å²) >= 11 is 11.6. The minimum atomic E-state index is -1.19. The number of carboxylic acid groups (broad SMARTS) is 1. The minimum Gasteiger partial charge on any atom is -0.488 e. The standard InChI is InChI=1S/C12H14Cl2O4/c1-3-12(2,17)6-18-10-8(11(15)16)4-7(13)5-9(10)14/h4-5,17H,3,6H2,1-2H3,(H,15,16). The lowest BCUT2D eigenvalue weighted by molar-refractivity contribution is 0.00793. The highest BCUT2D eigenvalue weighted by molar-refractivity contribution is 6.36. The van der Waals surface area contributed by atoms with Gasteiger partial charge in [-0.1, -0.05) is 30.1 Å². The van der Waals surface area contributed by atoms with E-state index in [1.807, 2.05) is 0 Å². The molecule has 4 nitrogen and oxygen atoms in total. The van der Waals surface area contributed by atoms with Gasteiger partial charge in [0.15, 0.2) is 5.75 Å². The van der Waals surface area contributed by atoms with Crippen LogP contribution in [0.4, 0.5) is 0 Å². The maximum atomic E-state index is 11.1. The van der Waals surface area contributed by atoms with Crippen molar-refractivity contribution < 1.29 is 19.7 Å². The van der Waals surface area contributed by atoms with E-state index in [0.717, 1.165) is 0 Å². The number of carbonyl (C=O) groups is 1. The van der Waals surface area contributed by atoms with Crippen molar-refractivity contribution in [1.82, 2.24) is 0 Å². The van der Waals surface area contributed by atoms with Crippen molar-refractivity contribution in [3.05, 3.63) is 27.7 Å². The Bertz CT molecular complexity index is 458. The van der Waals surface area contributed by atoms with E-state index >= 15 is 0 Å². The van der Waals surface area contributed by atoms with Crippen molar-refractivity contribution in [2.45, 2.75) is 25.9 Å². The molecule has 0 aliphatic heterocycles. The molecule has 0 radical (unpaired) electrons. The van der Waals surface area contributed by atoms with Gasteiger partial charge in [-0.2, -0.15) is 0 Å². The van der Waals surface area contributed by atoms with Crippen molar-refractivity contribution in [1.29, 1.82) is 0 Å². The summed E-state index contributed by atoms with van der Waals surface area (Å²) in [5, 5.41) is 19.2. The van der Waals surface area contributed by atoms with Crippen LogP contribution in [0.15, 0.2) is 12.1 Å². The summed E-state index contributed by atoms with van der Waals surface area (Å²) in [5.41, 5.74) is -1.17. The van der Waals surface area contributed by atoms with Crippen LogP contribution in [0.3, 0.4) is 0 Å². The summed E-state index contributed by atoms with van der Waals surface area (Å²) in [6.07, 6.45) is 0.473. The number of carboxylic acids is 1. The van der Waals surface area contributed by atoms with Crippen LogP contribution in [0.1, 0.15) is 30.6 Å². The highest BCUT2D eigenvalue weighted by Crippen LogP contribution is 2.33. The normalized spacial score (nSPS) is 14.1. The van der Waals surface area contributed by atoms with Crippen molar-refractivity contribution in [2.75, 3.05) is 6.61 Å². The van der Waals surface area contributed by atoms with Gasteiger partial charge in [-0.25, -0.2) is 4.79 Å². The molecule has 0 saturated carbocycles. The van der Waals surface area contributed by atoms with Gasteiger partial charge >= 0.3 is 5.97 Å². The Labute approximate surface area is 115 Å². The number of rotatable bonds is 5. The lowest BCUT2D eigenvalue weighted by Gasteiger charge is -2.22. The molecule has 0 aromatic heterocycles. The fourth-order valence-electron chi connectivity index (χ4n) is 1.20. The van der Waals surface area contributed by atoms with Crippen LogP contribution >= 0.6 is 23.2 Å². The van der Waals surface area contributed by atoms with Crippen molar-refractivity contribution in [3.8, 4) is 5.75 Å². The maximum Gasteiger partial charge on any atom is 0.339 e. The molecule has 0 aliphatic carbocycles. The molecule has 1 aromatic carbocycles. The van der Waals surface area contributed by atoms with Crippen LogP contribution in [0.2, 0.25) is 10.0 Å². The summed E-state index contributed by atoms with van der Waals surface area (Å²) in [6.45, 7) is 3.34. The van der Waals surface area contributed by atoms with Crippen LogP contribution in [0, 0.1) is 0 Å². The smallest absolute Gasteiger partial charge is 0.339 e. The second-order valence-corrected chi connectivity index (χ2v) is 5.05. The van der Waals surface area contributed by atoms with Crippen molar-refractivity contribution in [3.63, 3.8) is 0 Å². The van der Waals surface area contributed by atoms with Gasteiger partial charge in [0.1, 0.15) is 12.2 Å². The lowest BCUT2D eigenvalue weighted by atomic mass is 10.1. The number of hydrogen-bond acceptors (Lipinski definition) is 3. The highest BCUT2D eigenvalue weighted by atomic mass is 35.5. The quantitative estimate of drug-likeness (QED) is 0.874. The number of halogens is 2. The molecule has 1 aromatic rings. The van der Waals surface area contributed by atoms with E-state index in [2.05, 4.69) is 0 Å². The van der Waals surface area contributed by atoms with E-state index in [1.54, 1.807) is 13.8 Å². The zero-order chi connectivity index (χ0) is 13.9. The number of aromatic carboxylic acids is 1. The average molecular weight is 293 g/mol. The molecule has 1 rings (SSSR count). The van der Waals surface area contributed by atoms with Crippen LogP contribution in [0.25, 0.3) is 0 Å². The molecule has 18 heavy (non-hydrogen) atoms. The maximum absolute atomic E-state index is 11.1. The summed E-state index contributed by atoms with van der Waals surface area (Å²) in [7, 11) is 0. The zero-order valence-electron chi connectivity index (χ0n) is 10.0. The Morgan fingerprint density at radius 3 is 2.56 bits per heavy atom. The molecule has 1 atom stereocenters. The third-order valence-electron chi connectivity index (χ3n) is 2.53.